The zero-order chi connectivity index (χ0) is 48.8. The molecule has 30 nitrogen and oxygen atoms in total. The Morgan fingerprint density at radius 1 is 0.646 bits per heavy atom. The van der Waals surface area contributed by atoms with Crippen molar-refractivity contribution in [2.45, 2.75) is 168 Å². The van der Waals surface area contributed by atoms with Gasteiger partial charge in [-0.1, -0.05) is 0 Å². The molecule has 0 unspecified atom stereocenters. The molecule has 0 aromatic carbocycles. The first-order valence-electron chi connectivity index (χ1n) is 20.0. The van der Waals surface area contributed by atoms with Crippen LogP contribution in [0.15, 0.2) is 0 Å². The van der Waals surface area contributed by atoms with E-state index in [1.165, 1.54) is 6.92 Å². The first-order chi connectivity index (χ1) is 30.3. The molecule has 4 saturated heterocycles. The lowest BCUT2D eigenvalue weighted by molar-refractivity contribution is -0.383. The number of carbonyl (C=O) groups excluding carboxylic acids is 2. The van der Waals surface area contributed by atoms with E-state index in [1.54, 1.807) is 0 Å². The van der Waals surface area contributed by atoms with Gasteiger partial charge >= 0.3 is 10.4 Å². The van der Waals surface area contributed by atoms with Gasteiger partial charge in [0.05, 0.1) is 45.2 Å². The molecule has 2 amide bonds. The van der Waals surface area contributed by atoms with Crippen LogP contribution >= 0.6 is 0 Å². The lowest BCUT2D eigenvalue weighted by Gasteiger charge is -2.49. The number of hydrogen-bond donors (Lipinski definition) is 17. The Kier molecular flexibility index (Phi) is 20.5. The summed E-state index contributed by atoms with van der Waals surface area (Å²) in [6, 6.07) is -3.43. The third-order valence-corrected chi connectivity index (χ3v) is 11.4. The Balaban J connectivity index is 1.63. The Morgan fingerprint density at radius 3 is 1.74 bits per heavy atom. The predicted molar refractivity (Wildman–Crippen MR) is 201 cm³/mol. The van der Waals surface area contributed by atoms with Gasteiger partial charge in [0.15, 0.2) is 25.2 Å². The van der Waals surface area contributed by atoms with E-state index < -0.39 is 202 Å². The first kappa shape index (κ1) is 55.5. The van der Waals surface area contributed by atoms with E-state index in [9.17, 15) is 94.1 Å². The van der Waals surface area contributed by atoms with Crippen molar-refractivity contribution in [3.8, 4) is 0 Å². The summed E-state index contributed by atoms with van der Waals surface area (Å²) in [6.07, 6.45) is -42.3. The fourth-order valence-corrected chi connectivity index (χ4v) is 7.71. The zero-order valence-corrected chi connectivity index (χ0v) is 35.6. The van der Waals surface area contributed by atoms with Crippen LogP contribution in [0.25, 0.3) is 0 Å². The maximum absolute atomic E-state index is 12.4. The highest BCUT2D eigenvalue weighted by Gasteiger charge is 2.55. The van der Waals surface area contributed by atoms with E-state index >= 15 is 0 Å². The van der Waals surface area contributed by atoms with Gasteiger partial charge in [0.2, 0.25) is 11.8 Å². The van der Waals surface area contributed by atoms with Crippen molar-refractivity contribution >= 4 is 22.2 Å². The summed E-state index contributed by atoms with van der Waals surface area (Å²) in [7, 11) is -5.31. The van der Waals surface area contributed by atoms with E-state index in [2.05, 4.69) is 14.8 Å². The van der Waals surface area contributed by atoms with Crippen LogP contribution in [-0.4, -0.2) is 276 Å². The number of ether oxygens (including phenoxy) is 8. The normalized spacial score (nSPS) is 42.4. The van der Waals surface area contributed by atoms with Crippen molar-refractivity contribution in [3.05, 3.63) is 0 Å². The molecule has 0 aliphatic carbocycles. The van der Waals surface area contributed by atoms with Crippen LogP contribution in [0, 0.1) is 0 Å². The molecule has 4 aliphatic rings. The average Bonchev–Trinajstić information content (AvgIpc) is 3.24. The van der Waals surface area contributed by atoms with Crippen molar-refractivity contribution in [1.82, 2.24) is 10.6 Å². The fraction of sp³-hybridized carbons (Fsp3) is 0.941. The highest BCUT2D eigenvalue weighted by molar-refractivity contribution is 7.80. The molecule has 31 heteroatoms. The second-order valence-electron chi connectivity index (χ2n) is 15.7. The minimum absolute atomic E-state index is 0.802. The number of rotatable bonds is 20. The summed E-state index contributed by atoms with van der Waals surface area (Å²) in [6.45, 7) is -1.97. The van der Waals surface area contributed by atoms with E-state index in [0.717, 1.165) is 13.8 Å². The lowest BCUT2D eigenvalue weighted by Crippen LogP contribution is -2.68. The zero-order valence-electron chi connectivity index (χ0n) is 34.8. The summed E-state index contributed by atoms with van der Waals surface area (Å²) < 4.78 is 82.2. The molecule has 17 N–H and O–H groups in total. The van der Waals surface area contributed by atoms with Gasteiger partial charge in [-0.3, -0.25) is 14.1 Å². The highest BCUT2D eigenvalue weighted by atomic mass is 32.3. The van der Waals surface area contributed by atoms with Crippen molar-refractivity contribution < 1.29 is 136 Å². The van der Waals surface area contributed by atoms with Gasteiger partial charge in [-0.2, -0.15) is 8.42 Å². The minimum atomic E-state index is -5.31. The molecular weight excluding hydrogens is 916 g/mol. The third-order valence-electron chi connectivity index (χ3n) is 10.9. The van der Waals surface area contributed by atoms with Crippen LogP contribution in [0.3, 0.4) is 0 Å². The molecule has 380 valence electrons. The van der Waals surface area contributed by atoms with Gasteiger partial charge in [-0.15, -0.1) is 0 Å². The number of aliphatic hydroxyl groups is 14. The molecule has 4 rings (SSSR count). The number of amides is 2. The average molecular weight is 977 g/mol. The van der Waals surface area contributed by atoms with Crippen LogP contribution < -0.4 is 10.6 Å². The summed E-state index contributed by atoms with van der Waals surface area (Å²) in [5.74, 6) is -1.69. The van der Waals surface area contributed by atoms with Crippen molar-refractivity contribution in [2.75, 3.05) is 33.0 Å². The molecular formula is C34H60N2O28S. The summed E-state index contributed by atoms with van der Waals surface area (Å²) in [5, 5.41) is 152. The van der Waals surface area contributed by atoms with Crippen molar-refractivity contribution in [3.63, 3.8) is 0 Å². The van der Waals surface area contributed by atoms with Gasteiger partial charge in [0.25, 0.3) is 0 Å². The van der Waals surface area contributed by atoms with Crippen LogP contribution in [0.1, 0.15) is 20.8 Å². The molecule has 4 fully saturated rings. The monoisotopic (exact) mass is 976 g/mol. The topological polar surface area (TPSA) is 479 Å². The van der Waals surface area contributed by atoms with Crippen LogP contribution in [0.5, 0.6) is 0 Å². The minimum Gasteiger partial charge on any atom is -0.394 e. The number of hydrogen-bond acceptors (Lipinski definition) is 27. The maximum Gasteiger partial charge on any atom is 0.397 e. The van der Waals surface area contributed by atoms with Crippen LogP contribution in [-0.2, 0) is 62.1 Å². The van der Waals surface area contributed by atoms with Crippen LogP contribution in [0.4, 0.5) is 0 Å². The Bertz CT molecular complexity index is 1620. The molecule has 0 bridgehead atoms. The first-order valence-corrected chi connectivity index (χ1v) is 21.4. The van der Waals surface area contributed by atoms with E-state index in [4.69, 9.17) is 37.9 Å². The van der Waals surface area contributed by atoms with E-state index in [0.29, 0.717) is 0 Å². The molecule has 0 spiro atoms. The standard InChI is InChI=1S/C34H60N2O28S/c1-9-18(43)23(48)26(51)32(58-9)64-30-25(50)21(46)15(6-39)60-34(30)63-29-16(8-57-65(53,54)55)61-31(17(22(29)47)36-11(3)41)56-7-13(42)19(44)28(12(4-37)35-10(2)40)62-33-27(52)24(49)20(45)14(5-38)59-33/h9,12-34,37-39,42-52H,4-8H2,1-3H3,(H,35,40)(H,36,41)(H,53,54,55)/t9-,12-,13+,14+,15+,16+,17+,18+,19-,20-,21-,22+,23+,24-,25-,26-,27+,28+,29+,30+,31+,32-,33-,34-/m0/s1. The molecule has 65 heavy (non-hydrogen) atoms. The molecule has 24 atom stereocenters. The van der Waals surface area contributed by atoms with E-state index in [1.807, 2.05) is 0 Å². The lowest BCUT2D eigenvalue weighted by atomic mass is 9.95. The molecule has 4 aliphatic heterocycles. The van der Waals surface area contributed by atoms with Gasteiger partial charge in [-0.25, -0.2) is 4.18 Å². The Hall–Kier alpha value is -2.07. The quantitative estimate of drug-likeness (QED) is 0.0504. The number of nitrogens with one attached hydrogen (secondary N) is 2. The van der Waals surface area contributed by atoms with Gasteiger partial charge in [0.1, 0.15) is 110 Å². The summed E-state index contributed by atoms with van der Waals surface area (Å²) in [5.41, 5.74) is 0. The summed E-state index contributed by atoms with van der Waals surface area (Å²) >= 11 is 0. The number of aliphatic hydroxyl groups excluding tert-OH is 14. The van der Waals surface area contributed by atoms with E-state index in [-0.39, 0.29) is 0 Å². The predicted octanol–water partition coefficient (Wildman–Crippen LogP) is -11.1. The SMILES string of the molecule is CC(=O)N[C@H]1[C@H](OC[C@@H](O)[C@H](O)[C@H](O[C@@H]2O[C@H](CO)[C@H](O)[C@H](O)[C@H]2O)[C@H](CO)NC(C)=O)O[C@H](COS(=O)(=O)O)[C@@H](O[C@@H]2O[C@H](CO)[C@H](O)[C@H](O)[C@H]2O[C@@H]2O[C@@H](C)[C@@H](O)[C@@H](O)[C@@H]2O)[C@@H]1O. The molecule has 0 saturated carbocycles. The highest BCUT2D eigenvalue weighted by Crippen LogP contribution is 2.34. The Morgan fingerprint density at radius 2 is 1.18 bits per heavy atom. The van der Waals surface area contributed by atoms with Gasteiger partial charge in [-0.05, 0) is 6.92 Å². The second-order valence-corrected chi connectivity index (χ2v) is 16.8. The Labute approximate surface area is 369 Å². The number of carbonyl (C=O) groups is 2. The van der Waals surface area contributed by atoms with Gasteiger partial charge < -0.3 is 120 Å². The third kappa shape index (κ3) is 13.8. The fourth-order valence-electron chi connectivity index (χ4n) is 7.40. The van der Waals surface area contributed by atoms with Crippen molar-refractivity contribution in [1.29, 1.82) is 0 Å². The van der Waals surface area contributed by atoms with Crippen molar-refractivity contribution in [2.24, 2.45) is 0 Å². The molecule has 4 heterocycles. The molecule has 0 aromatic rings. The van der Waals surface area contributed by atoms with Crippen LogP contribution in [0.2, 0.25) is 0 Å². The smallest absolute Gasteiger partial charge is 0.394 e. The molecule has 0 aromatic heterocycles. The van der Waals surface area contributed by atoms with Gasteiger partial charge in [0, 0.05) is 13.8 Å². The maximum atomic E-state index is 12.4. The summed E-state index contributed by atoms with van der Waals surface area (Å²) in [4.78, 5) is 24.4. The second kappa shape index (κ2) is 24.0. The largest absolute Gasteiger partial charge is 0.397 e. The molecule has 0 radical (unpaired) electrons.